The third-order valence-corrected chi connectivity index (χ3v) is 5.73. The second-order valence-corrected chi connectivity index (χ2v) is 8.75. The Bertz CT molecular complexity index is 1030. The first-order valence-corrected chi connectivity index (χ1v) is 10.9. The number of nitrogens with one attached hydrogen (secondary N) is 1. The number of carbonyl (C=O) groups excluding carboxylic acids is 2. The van der Waals surface area contributed by atoms with Crippen LogP contribution in [0, 0.1) is 23.0 Å². The molecule has 2 aromatic rings. The summed E-state index contributed by atoms with van der Waals surface area (Å²) in [4.78, 5) is 39.4. The van der Waals surface area contributed by atoms with Crippen LogP contribution in [-0.4, -0.2) is 47.8 Å². The Morgan fingerprint density at radius 3 is 2.41 bits per heavy atom. The number of carbonyl (C=O) groups is 2. The first kappa shape index (κ1) is 23.5. The lowest BCUT2D eigenvalue weighted by Crippen LogP contribution is -2.49. The zero-order valence-corrected chi connectivity index (χ0v) is 19.2. The van der Waals surface area contributed by atoms with E-state index in [0.717, 1.165) is 5.69 Å². The summed E-state index contributed by atoms with van der Waals surface area (Å²) >= 11 is 6.48. The molecule has 0 unspecified atom stereocenters. The highest BCUT2D eigenvalue weighted by atomic mass is 35.5. The summed E-state index contributed by atoms with van der Waals surface area (Å²) in [6, 6.07) is 9.61. The predicted molar refractivity (Wildman–Crippen MR) is 125 cm³/mol. The number of hydrogen-bond donors (Lipinski definition) is 1. The van der Waals surface area contributed by atoms with Crippen LogP contribution >= 0.6 is 11.6 Å². The van der Waals surface area contributed by atoms with Gasteiger partial charge < -0.3 is 15.1 Å². The summed E-state index contributed by atoms with van der Waals surface area (Å²) in [6.07, 6.45) is 0.555. The standard InChI is InChI=1S/C23H27ClN4O4/c1-15(2)12-22(29)27-10-8-26(9-11-27)20-7-6-18(14-19(20)24)25-23(30)17-5-4-16(3)21(13-17)28(31)32/h4-7,13-15H,8-12H2,1-3H3,(H,25,30). The summed E-state index contributed by atoms with van der Waals surface area (Å²) in [5.74, 6) is 0.0677. The molecule has 9 heteroatoms. The van der Waals surface area contributed by atoms with Crippen molar-refractivity contribution in [3.8, 4) is 0 Å². The van der Waals surface area contributed by atoms with Crippen LogP contribution in [0.2, 0.25) is 5.02 Å². The fourth-order valence-corrected chi connectivity index (χ4v) is 3.97. The van der Waals surface area contributed by atoms with Crippen molar-refractivity contribution in [3.05, 3.63) is 62.7 Å². The molecule has 1 N–H and O–H groups in total. The van der Waals surface area contributed by atoms with Gasteiger partial charge in [-0.05, 0) is 37.1 Å². The van der Waals surface area contributed by atoms with Gasteiger partial charge in [0.2, 0.25) is 5.91 Å². The molecule has 8 nitrogen and oxygen atoms in total. The van der Waals surface area contributed by atoms with Crippen molar-refractivity contribution in [3.63, 3.8) is 0 Å². The summed E-state index contributed by atoms with van der Waals surface area (Å²) in [5, 5.41) is 14.3. The molecule has 0 spiro atoms. The van der Waals surface area contributed by atoms with Gasteiger partial charge >= 0.3 is 0 Å². The zero-order chi connectivity index (χ0) is 23.4. The average Bonchev–Trinajstić information content (AvgIpc) is 2.73. The van der Waals surface area contributed by atoms with Crippen molar-refractivity contribution in [1.82, 2.24) is 4.90 Å². The molecule has 1 aliphatic heterocycles. The van der Waals surface area contributed by atoms with E-state index < -0.39 is 10.8 Å². The lowest BCUT2D eigenvalue weighted by atomic mass is 10.1. The number of nitro benzene ring substituents is 1. The van der Waals surface area contributed by atoms with Crippen LogP contribution in [0.4, 0.5) is 17.1 Å². The molecule has 1 saturated heterocycles. The van der Waals surface area contributed by atoms with Crippen LogP contribution in [0.15, 0.2) is 36.4 Å². The van der Waals surface area contributed by atoms with E-state index >= 15 is 0 Å². The molecule has 170 valence electrons. The number of anilines is 2. The quantitative estimate of drug-likeness (QED) is 0.507. The summed E-state index contributed by atoms with van der Waals surface area (Å²) in [6.45, 7) is 8.35. The smallest absolute Gasteiger partial charge is 0.273 e. The SMILES string of the molecule is Cc1ccc(C(=O)Nc2ccc(N3CCN(C(=O)CC(C)C)CC3)c(Cl)c2)cc1[N+](=O)[O-]. The average molecular weight is 459 g/mol. The Labute approximate surface area is 192 Å². The van der Waals surface area contributed by atoms with Crippen LogP contribution in [-0.2, 0) is 4.79 Å². The van der Waals surface area contributed by atoms with Gasteiger partial charge in [-0.2, -0.15) is 0 Å². The van der Waals surface area contributed by atoms with Crippen LogP contribution in [0.25, 0.3) is 0 Å². The van der Waals surface area contributed by atoms with Crippen LogP contribution in [0.1, 0.15) is 36.2 Å². The molecule has 0 saturated carbocycles. The third-order valence-electron chi connectivity index (χ3n) is 5.43. The van der Waals surface area contributed by atoms with Gasteiger partial charge in [0, 0.05) is 55.5 Å². The molecule has 0 aliphatic carbocycles. The second kappa shape index (κ2) is 9.99. The van der Waals surface area contributed by atoms with E-state index in [1.54, 1.807) is 31.2 Å². The molecular formula is C23H27ClN4O4. The van der Waals surface area contributed by atoms with Crippen molar-refractivity contribution in [2.75, 3.05) is 36.4 Å². The van der Waals surface area contributed by atoms with Crippen molar-refractivity contribution in [2.45, 2.75) is 27.2 Å². The van der Waals surface area contributed by atoms with E-state index in [1.165, 1.54) is 6.07 Å². The number of piperazine rings is 1. The lowest BCUT2D eigenvalue weighted by Gasteiger charge is -2.36. The monoisotopic (exact) mass is 458 g/mol. The number of nitro groups is 1. The summed E-state index contributed by atoms with van der Waals surface area (Å²) in [7, 11) is 0. The van der Waals surface area contributed by atoms with E-state index in [-0.39, 0.29) is 17.2 Å². The van der Waals surface area contributed by atoms with Gasteiger partial charge in [0.1, 0.15) is 0 Å². The maximum atomic E-state index is 12.5. The molecule has 0 radical (unpaired) electrons. The summed E-state index contributed by atoms with van der Waals surface area (Å²) < 4.78 is 0. The van der Waals surface area contributed by atoms with Gasteiger partial charge in [0.15, 0.2) is 0 Å². The minimum Gasteiger partial charge on any atom is -0.367 e. The molecule has 1 fully saturated rings. The number of nitrogens with zero attached hydrogens (tertiary/aromatic N) is 3. The van der Waals surface area contributed by atoms with Gasteiger partial charge in [0.05, 0.1) is 15.6 Å². The van der Waals surface area contributed by atoms with Gasteiger partial charge in [-0.1, -0.05) is 31.5 Å². The highest BCUT2D eigenvalue weighted by molar-refractivity contribution is 6.33. The minimum absolute atomic E-state index is 0.1000. The first-order valence-electron chi connectivity index (χ1n) is 10.5. The Balaban J connectivity index is 1.65. The molecule has 2 aromatic carbocycles. The van der Waals surface area contributed by atoms with Crippen molar-refractivity contribution < 1.29 is 14.5 Å². The Hall–Kier alpha value is -3.13. The van der Waals surface area contributed by atoms with Crippen molar-refractivity contribution >= 4 is 40.5 Å². The molecule has 1 aliphatic rings. The maximum absolute atomic E-state index is 12.5. The summed E-state index contributed by atoms with van der Waals surface area (Å²) in [5.41, 5.74) is 1.93. The third kappa shape index (κ3) is 5.56. The highest BCUT2D eigenvalue weighted by Gasteiger charge is 2.23. The van der Waals surface area contributed by atoms with E-state index in [4.69, 9.17) is 11.6 Å². The molecule has 0 atom stereocenters. The van der Waals surface area contributed by atoms with E-state index in [0.29, 0.717) is 54.8 Å². The number of rotatable bonds is 6. The van der Waals surface area contributed by atoms with Crippen molar-refractivity contribution in [1.29, 1.82) is 0 Å². The molecule has 0 bridgehead atoms. The van der Waals surface area contributed by atoms with Gasteiger partial charge in [-0.15, -0.1) is 0 Å². The predicted octanol–water partition coefficient (Wildman–Crippen LogP) is 4.50. The fraction of sp³-hybridized carbons (Fsp3) is 0.391. The highest BCUT2D eigenvalue weighted by Crippen LogP contribution is 2.30. The molecule has 3 rings (SSSR count). The zero-order valence-electron chi connectivity index (χ0n) is 18.4. The largest absolute Gasteiger partial charge is 0.367 e. The Morgan fingerprint density at radius 1 is 1.12 bits per heavy atom. The maximum Gasteiger partial charge on any atom is 0.273 e. The lowest BCUT2D eigenvalue weighted by molar-refractivity contribution is -0.385. The second-order valence-electron chi connectivity index (χ2n) is 8.34. The molecule has 1 heterocycles. The van der Waals surface area contributed by atoms with Crippen molar-refractivity contribution in [2.24, 2.45) is 5.92 Å². The van der Waals surface area contributed by atoms with Gasteiger partial charge in [-0.25, -0.2) is 0 Å². The van der Waals surface area contributed by atoms with Gasteiger partial charge in [0.25, 0.3) is 11.6 Å². The molecule has 2 amide bonds. The van der Waals surface area contributed by atoms with Crippen LogP contribution in [0.3, 0.4) is 0 Å². The first-order chi connectivity index (χ1) is 15.2. The topological polar surface area (TPSA) is 95.8 Å². The van der Waals surface area contributed by atoms with E-state index in [9.17, 15) is 19.7 Å². The number of hydrogen-bond acceptors (Lipinski definition) is 5. The Morgan fingerprint density at radius 2 is 1.81 bits per heavy atom. The number of aryl methyl sites for hydroxylation is 1. The number of amides is 2. The van der Waals surface area contributed by atoms with Crippen LogP contribution in [0.5, 0.6) is 0 Å². The number of halogens is 1. The normalized spacial score (nSPS) is 13.9. The molecular weight excluding hydrogens is 432 g/mol. The molecule has 32 heavy (non-hydrogen) atoms. The van der Waals surface area contributed by atoms with Gasteiger partial charge in [-0.3, -0.25) is 19.7 Å². The van der Waals surface area contributed by atoms with E-state index in [1.807, 2.05) is 24.8 Å². The number of benzene rings is 2. The Kier molecular flexibility index (Phi) is 7.35. The van der Waals surface area contributed by atoms with Crippen LogP contribution < -0.4 is 10.2 Å². The minimum atomic E-state index is -0.506. The molecule has 0 aromatic heterocycles. The fourth-order valence-electron chi connectivity index (χ4n) is 3.67. The van der Waals surface area contributed by atoms with E-state index in [2.05, 4.69) is 10.2 Å².